The van der Waals surface area contributed by atoms with Gasteiger partial charge < -0.3 is 5.32 Å². The van der Waals surface area contributed by atoms with E-state index in [1.54, 1.807) is 11.1 Å². The van der Waals surface area contributed by atoms with E-state index in [-0.39, 0.29) is 5.54 Å². The third-order valence-corrected chi connectivity index (χ3v) is 5.03. The van der Waals surface area contributed by atoms with E-state index in [0.717, 1.165) is 18.4 Å². The molecule has 1 N–H and O–H groups in total. The van der Waals surface area contributed by atoms with Gasteiger partial charge in [0.1, 0.15) is 0 Å². The summed E-state index contributed by atoms with van der Waals surface area (Å²) < 4.78 is 0. The predicted molar refractivity (Wildman–Crippen MR) is 92.6 cm³/mol. The van der Waals surface area contributed by atoms with E-state index in [4.69, 9.17) is 0 Å². The fourth-order valence-corrected chi connectivity index (χ4v) is 4.38. The van der Waals surface area contributed by atoms with Crippen molar-refractivity contribution in [3.63, 3.8) is 0 Å². The Hall–Kier alpha value is -0.820. The average Bonchev–Trinajstić information content (AvgIpc) is 2.47. The molecular formula is C20H33N. The van der Waals surface area contributed by atoms with Crippen molar-refractivity contribution < 1.29 is 0 Å². The maximum atomic E-state index is 3.99. The van der Waals surface area contributed by atoms with Gasteiger partial charge in [-0.1, -0.05) is 64.8 Å². The van der Waals surface area contributed by atoms with Gasteiger partial charge in [-0.3, -0.25) is 0 Å². The van der Waals surface area contributed by atoms with Gasteiger partial charge in [0.15, 0.2) is 0 Å². The first-order valence-corrected chi connectivity index (χ1v) is 8.97. The van der Waals surface area contributed by atoms with E-state index in [2.05, 4.69) is 57.3 Å². The highest BCUT2D eigenvalue weighted by molar-refractivity contribution is 5.37. The second-order valence-electron chi connectivity index (χ2n) is 7.18. The molecule has 1 aromatic carbocycles. The third-order valence-electron chi connectivity index (χ3n) is 5.03. The van der Waals surface area contributed by atoms with Crippen LogP contribution >= 0.6 is 0 Å². The topological polar surface area (TPSA) is 12.0 Å². The van der Waals surface area contributed by atoms with Gasteiger partial charge in [0.05, 0.1) is 0 Å². The number of benzene rings is 1. The quantitative estimate of drug-likeness (QED) is 0.718. The molecule has 0 saturated carbocycles. The molecule has 1 atom stereocenters. The number of fused-ring (bicyclic) bond motifs is 1. The second-order valence-corrected chi connectivity index (χ2v) is 7.18. The van der Waals surface area contributed by atoms with Gasteiger partial charge in [0.2, 0.25) is 0 Å². The van der Waals surface area contributed by atoms with Crippen LogP contribution in [0.5, 0.6) is 0 Å². The molecule has 1 aliphatic rings. The van der Waals surface area contributed by atoms with Crippen LogP contribution in [0.3, 0.4) is 0 Å². The van der Waals surface area contributed by atoms with Crippen molar-refractivity contribution in [1.29, 1.82) is 0 Å². The Kier molecular flexibility index (Phi) is 5.87. The molecule has 0 spiro atoms. The Labute approximate surface area is 131 Å². The summed E-state index contributed by atoms with van der Waals surface area (Å²) in [6, 6.07) is 9.18. The molecule has 1 nitrogen and oxygen atoms in total. The Morgan fingerprint density at radius 3 is 2.38 bits per heavy atom. The summed E-state index contributed by atoms with van der Waals surface area (Å²) in [5.74, 6) is 1.48. The molecule has 0 aromatic heterocycles. The number of nitrogens with one attached hydrogen (secondary N) is 1. The highest BCUT2D eigenvalue weighted by Crippen LogP contribution is 2.43. The first-order chi connectivity index (χ1) is 10.1. The zero-order chi connectivity index (χ0) is 15.3. The van der Waals surface area contributed by atoms with Crippen LogP contribution in [0.25, 0.3) is 0 Å². The van der Waals surface area contributed by atoms with Crippen LogP contribution in [0.4, 0.5) is 0 Å². The van der Waals surface area contributed by atoms with E-state index < -0.39 is 0 Å². The minimum atomic E-state index is 0.203. The Bertz CT molecular complexity index is 431. The predicted octanol–water partition coefficient (Wildman–Crippen LogP) is 5.29. The lowest BCUT2D eigenvalue weighted by atomic mass is 9.67. The standard InChI is InChI=1S/C20H33N/c1-5-9-18(10-6-2)20(15-16(3)4)19-12-8-7-11-17(19)13-14-21-20/h7-8,11-12,16,18,21H,5-6,9-10,13-15H2,1-4H3. The maximum Gasteiger partial charge on any atom is 0.0468 e. The van der Waals surface area contributed by atoms with Crippen molar-refractivity contribution in [2.24, 2.45) is 11.8 Å². The van der Waals surface area contributed by atoms with Crippen LogP contribution < -0.4 is 5.32 Å². The Morgan fingerprint density at radius 2 is 1.76 bits per heavy atom. The van der Waals surface area contributed by atoms with Crippen molar-refractivity contribution in [1.82, 2.24) is 5.32 Å². The first-order valence-electron chi connectivity index (χ1n) is 8.97. The Balaban J connectivity index is 2.46. The third kappa shape index (κ3) is 3.51. The van der Waals surface area contributed by atoms with Gasteiger partial charge in [-0.25, -0.2) is 0 Å². The van der Waals surface area contributed by atoms with Crippen LogP contribution in [-0.2, 0) is 12.0 Å². The summed E-state index contributed by atoms with van der Waals surface area (Å²) in [7, 11) is 0. The van der Waals surface area contributed by atoms with Gasteiger partial charge in [-0.2, -0.15) is 0 Å². The lowest BCUT2D eigenvalue weighted by molar-refractivity contribution is 0.141. The van der Waals surface area contributed by atoms with E-state index in [1.807, 2.05) is 0 Å². The summed E-state index contributed by atoms with van der Waals surface area (Å²) in [5, 5.41) is 3.99. The van der Waals surface area contributed by atoms with Crippen LogP contribution in [0.1, 0.15) is 70.9 Å². The molecule has 1 aromatic rings. The maximum absolute atomic E-state index is 3.99. The molecule has 0 bridgehead atoms. The van der Waals surface area contributed by atoms with Crippen molar-refractivity contribution in [3.05, 3.63) is 35.4 Å². The van der Waals surface area contributed by atoms with Gasteiger partial charge >= 0.3 is 0 Å². The van der Waals surface area contributed by atoms with E-state index in [0.29, 0.717) is 0 Å². The fourth-order valence-electron chi connectivity index (χ4n) is 4.38. The summed E-state index contributed by atoms with van der Waals surface area (Å²) in [6.07, 6.45) is 7.68. The molecule has 0 fully saturated rings. The zero-order valence-corrected chi connectivity index (χ0v) is 14.4. The van der Waals surface area contributed by atoms with Crippen molar-refractivity contribution in [2.45, 2.75) is 71.8 Å². The molecule has 1 heterocycles. The largest absolute Gasteiger partial charge is 0.307 e. The van der Waals surface area contributed by atoms with Crippen LogP contribution in [-0.4, -0.2) is 6.54 Å². The lowest BCUT2D eigenvalue weighted by Gasteiger charge is -2.47. The van der Waals surface area contributed by atoms with Gasteiger partial charge in [0, 0.05) is 12.1 Å². The molecule has 1 unspecified atom stereocenters. The van der Waals surface area contributed by atoms with E-state index in [1.165, 1.54) is 38.5 Å². The molecule has 2 rings (SSSR count). The van der Waals surface area contributed by atoms with Crippen molar-refractivity contribution >= 4 is 0 Å². The van der Waals surface area contributed by atoms with Crippen molar-refractivity contribution in [3.8, 4) is 0 Å². The zero-order valence-electron chi connectivity index (χ0n) is 14.4. The van der Waals surface area contributed by atoms with Gasteiger partial charge in [0.25, 0.3) is 0 Å². The molecular weight excluding hydrogens is 254 g/mol. The monoisotopic (exact) mass is 287 g/mol. The summed E-state index contributed by atoms with van der Waals surface area (Å²) in [5.41, 5.74) is 3.38. The Morgan fingerprint density at radius 1 is 1.10 bits per heavy atom. The molecule has 1 aliphatic heterocycles. The van der Waals surface area contributed by atoms with Crippen LogP contribution in [0, 0.1) is 11.8 Å². The van der Waals surface area contributed by atoms with Crippen LogP contribution in [0.2, 0.25) is 0 Å². The molecule has 0 aliphatic carbocycles. The molecule has 0 amide bonds. The van der Waals surface area contributed by atoms with Gasteiger partial charge in [-0.05, 0) is 48.6 Å². The highest BCUT2D eigenvalue weighted by atomic mass is 15.0. The molecule has 21 heavy (non-hydrogen) atoms. The smallest absolute Gasteiger partial charge is 0.0468 e. The fraction of sp³-hybridized carbons (Fsp3) is 0.700. The SMILES string of the molecule is CCCC(CCC)C1(CC(C)C)NCCc2ccccc21. The van der Waals surface area contributed by atoms with E-state index >= 15 is 0 Å². The number of rotatable bonds is 7. The number of hydrogen-bond donors (Lipinski definition) is 1. The first kappa shape index (κ1) is 16.5. The minimum Gasteiger partial charge on any atom is -0.307 e. The summed E-state index contributed by atoms with van der Waals surface area (Å²) in [6.45, 7) is 10.5. The van der Waals surface area contributed by atoms with Gasteiger partial charge in [-0.15, -0.1) is 0 Å². The molecule has 0 radical (unpaired) electrons. The summed E-state index contributed by atoms with van der Waals surface area (Å²) >= 11 is 0. The lowest BCUT2D eigenvalue weighted by Crippen LogP contribution is -2.53. The normalized spacial score (nSPS) is 21.8. The highest BCUT2D eigenvalue weighted by Gasteiger charge is 2.42. The molecule has 118 valence electrons. The summed E-state index contributed by atoms with van der Waals surface area (Å²) in [4.78, 5) is 0. The molecule has 1 heteroatoms. The second kappa shape index (κ2) is 7.45. The van der Waals surface area contributed by atoms with E-state index in [9.17, 15) is 0 Å². The van der Waals surface area contributed by atoms with Crippen LogP contribution in [0.15, 0.2) is 24.3 Å². The number of hydrogen-bond acceptors (Lipinski definition) is 1. The minimum absolute atomic E-state index is 0.203. The van der Waals surface area contributed by atoms with Crippen molar-refractivity contribution in [2.75, 3.05) is 6.54 Å². The molecule has 0 saturated heterocycles. The average molecular weight is 287 g/mol.